The summed E-state index contributed by atoms with van der Waals surface area (Å²) in [5, 5.41) is 0.495. The van der Waals surface area contributed by atoms with Gasteiger partial charge in [-0.3, -0.25) is 0 Å². The van der Waals surface area contributed by atoms with Crippen LogP contribution in [0.5, 0.6) is 0 Å². The molecule has 1 aromatic rings. The van der Waals surface area contributed by atoms with E-state index in [2.05, 4.69) is 39.7 Å². The number of halogens is 1. The number of esters is 1. The first kappa shape index (κ1) is 13.0. The van der Waals surface area contributed by atoms with Crippen LogP contribution in [0.1, 0.15) is 18.1 Å². The molecule has 0 aliphatic carbocycles. The predicted octanol–water partition coefficient (Wildman–Crippen LogP) is 3.20. The first-order valence-corrected chi connectivity index (χ1v) is 6.27. The van der Waals surface area contributed by atoms with Gasteiger partial charge in [0.2, 0.25) is 0 Å². The average Bonchev–Trinajstić information content (AvgIpc) is 2.35. The molecule has 0 spiro atoms. The van der Waals surface area contributed by atoms with Gasteiger partial charge < -0.3 is 4.74 Å². The minimum Gasteiger partial charge on any atom is -0.466 e. The number of hydrogen-bond donors (Lipinski definition) is 0. The molecule has 16 heavy (non-hydrogen) atoms. The molecule has 0 aromatic heterocycles. The lowest BCUT2D eigenvalue weighted by molar-refractivity contribution is -0.135. The summed E-state index contributed by atoms with van der Waals surface area (Å²) in [6.07, 6.45) is 2.85. The van der Waals surface area contributed by atoms with Crippen molar-refractivity contribution in [1.82, 2.24) is 0 Å². The molecule has 0 saturated heterocycles. The topological polar surface area (TPSA) is 26.3 Å². The zero-order valence-electron chi connectivity index (χ0n) is 9.50. The van der Waals surface area contributed by atoms with E-state index >= 15 is 0 Å². The van der Waals surface area contributed by atoms with Crippen molar-refractivity contribution in [3.05, 3.63) is 41.0 Å². The van der Waals surface area contributed by atoms with Crippen molar-refractivity contribution in [3.8, 4) is 0 Å². The first-order chi connectivity index (χ1) is 7.71. The highest BCUT2D eigenvalue weighted by molar-refractivity contribution is 9.09. The van der Waals surface area contributed by atoms with Gasteiger partial charge in [-0.15, -0.1) is 0 Å². The molecule has 3 heteroatoms. The van der Waals surface area contributed by atoms with Crippen LogP contribution in [0, 0.1) is 0 Å². The normalized spacial score (nSPS) is 11.3. The second-order valence-corrected chi connectivity index (χ2v) is 3.95. The summed E-state index contributed by atoms with van der Waals surface area (Å²) >= 11 is 3.27. The smallest absolute Gasteiger partial charge is 0.334 e. The highest BCUT2D eigenvalue weighted by Crippen LogP contribution is 2.12. The van der Waals surface area contributed by atoms with Crippen LogP contribution in [0.15, 0.2) is 29.8 Å². The van der Waals surface area contributed by atoms with E-state index in [1.165, 1.54) is 12.7 Å². The maximum absolute atomic E-state index is 11.3. The minimum absolute atomic E-state index is 0.295. The summed E-state index contributed by atoms with van der Waals surface area (Å²) in [7, 11) is 1.39. The van der Waals surface area contributed by atoms with Gasteiger partial charge >= 0.3 is 5.97 Å². The Kier molecular flexibility index (Phi) is 5.26. The molecule has 0 unspecified atom stereocenters. The van der Waals surface area contributed by atoms with Gasteiger partial charge in [0.05, 0.1) is 7.11 Å². The van der Waals surface area contributed by atoms with Crippen LogP contribution in [0.3, 0.4) is 0 Å². The quantitative estimate of drug-likeness (QED) is 0.482. The number of aryl methyl sites for hydroxylation is 1. The van der Waals surface area contributed by atoms with Crippen LogP contribution in [0.25, 0.3) is 6.08 Å². The Morgan fingerprint density at radius 1 is 1.38 bits per heavy atom. The number of hydrogen-bond acceptors (Lipinski definition) is 2. The molecule has 0 fully saturated rings. The van der Waals surface area contributed by atoms with Gasteiger partial charge in [0.25, 0.3) is 0 Å². The Balaban J connectivity index is 2.91. The third kappa shape index (κ3) is 3.49. The molecule has 2 nitrogen and oxygen atoms in total. The molecule has 0 saturated carbocycles. The van der Waals surface area contributed by atoms with E-state index in [0.29, 0.717) is 10.9 Å². The summed E-state index contributed by atoms with van der Waals surface area (Å²) in [5.74, 6) is -0.295. The van der Waals surface area contributed by atoms with Crippen molar-refractivity contribution in [2.24, 2.45) is 0 Å². The SMILES string of the molecule is CCc1ccc(/C=C(\CBr)C(=O)OC)cc1. The lowest BCUT2D eigenvalue weighted by Gasteiger charge is -2.02. The van der Waals surface area contributed by atoms with Crippen molar-refractivity contribution >= 4 is 28.0 Å². The minimum atomic E-state index is -0.295. The molecular weight excluding hydrogens is 268 g/mol. The third-order valence-corrected chi connectivity index (χ3v) is 2.92. The predicted molar refractivity (Wildman–Crippen MR) is 69.6 cm³/mol. The Morgan fingerprint density at radius 2 is 2.00 bits per heavy atom. The molecule has 0 heterocycles. The molecule has 0 radical (unpaired) electrons. The molecule has 1 aromatic carbocycles. The Labute approximate surface area is 104 Å². The second-order valence-electron chi connectivity index (χ2n) is 3.39. The Morgan fingerprint density at radius 3 is 2.44 bits per heavy atom. The van der Waals surface area contributed by atoms with Crippen LogP contribution in [-0.2, 0) is 16.0 Å². The molecule has 0 aliphatic rings. The van der Waals surface area contributed by atoms with E-state index in [-0.39, 0.29) is 5.97 Å². The van der Waals surface area contributed by atoms with Gasteiger partial charge in [0, 0.05) is 10.9 Å². The second kappa shape index (κ2) is 6.48. The monoisotopic (exact) mass is 282 g/mol. The van der Waals surface area contributed by atoms with E-state index in [1.807, 2.05) is 18.2 Å². The number of benzene rings is 1. The van der Waals surface area contributed by atoms with Crippen LogP contribution in [-0.4, -0.2) is 18.4 Å². The van der Waals surface area contributed by atoms with Gasteiger partial charge in [-0.05, 0) is 23.6 Å². The summed E-state index contributed by atoms with van der Waals surface area (Å²) < 4.78 is 4.68. The molecule has 1 rings (SSSR count). The highest BCUT2D eigenvalue weighted by Gasteiger charge is 2.07. The van der Waals surface area contributed by atoms with Crippen LogP contribution in [0.2, 0.25) is 0 Å². The third-order valence-electron chi connectivity index (χ3n) is 2.32. The summed E-state index contributed by atoms with van der Waals surface area (Å²) in [6, 6.07) is 8.14. The Hall–Kier alpha value is -1.09. The molecule has 0 amide bonds. The van der Waals surface area contributed by atoms with E-state index in [9.17, 15) is 4.79 Å². The molecule has 86 valence electrons. The number of ether oxygens (including phenoxy) is 1. The molecular formula is C13H15BrO2. The largest absolute Gasteiger partial charge is 0.466 e. The van der Waals surface area contributed by atoms with E-state index < -0.39 is 0 Å². The summed E-state index contributed by atoms with van der Waals surface area (Å²) in [5.41, 5.74) is 2.92. The van der Waals surface area contributed by atoms with E-state index in [0.717, 1.165) is 12.0 Å². The van der Waals surface area contributed by atoms with Crippen molar-refractivity contribution in [2.45, 2.75) is 13.3 Å². The van der Waals surface area contributed by atoms with Crippen molar-refractivity contribution in [2.75, 3.05) is 12.4 Å². The number of rotatable bonds is 4. The zero-order valence-corrected chi connectivity index (χ0v) is 11.1. The highest BCUT2D eigenvalue weighted by atomic mass is 79.9. The standard InChI is InChI=1S/C13H15BrO2/c1-3-10-4-6-11(7-5-10)8-12(9-14)13(15)16-2/h4-8H,3,9H2,1-2H3/b12-8+. The molecule has 0 N–H and O–H groups in total. The lowest BCUT2D eigenvalue weighted by Crippen LogP contribution is -2.05. The number of alkyl halides is 1. The maximum atomic E-state index is 11.3. The van der Waals surface area contributed by atoms with Gasteiger partial charge in [-0.2, -0.15) is 0 Å². The number of carbonyl (C=O) groups excluding carboxylic acids is 1. The first-order valence-electron chi connectivity index (χ1n) is 5.15. The summed E-state index contributed by atoms with van der Waals surface area (Å²) in [4.78, 5) is 11.3. The van der Waals surface area contributed by atoms with Gasteiger partial charge in [-0.1, -0.05) is 47.1 Å². The van der Waals surface area contributed by atoms with Gasteiger partial charge in [0.1, 0.15) is 0 Å². The zero-order chi connectivity index (χ0) is 12.0. The lowest BCUT2D eigenvalue weighted by atomic mass is 10.1. The van der Waals surface area contributed by atoms with Crippen LogP contribution < -0.4 is 0 Å². The fraction of sp³-hybridized carbons (Fsp3) is 0.308. The Bertz CT molecular complexity index is 379. The van der Waals surface area contributed by atoms with Crippen molar-refractivity contribution in [3.63, 3.8) is 0 Å². The van der Waals surface area contributed by atoms with E-state index in [1.54, 1.807) is 0 Å². The molecule has 0 aliphatic heterocycles. The number of carbonyl (C=O) groups is 1. The number of methoxy groups -OCH3 is 1. The van der Waals surface area contributed by atoms with E-state index in [4.69, 9.17) is 0 Å². The summed E-state index contributed by atoms with van der Waals surface area (Å²) in [6.45, 7) is 2.11. The van der Waals surface area contributed by atoms with Crippen molar-refractivity contribution in [1.29, 1.82) is 0 Å². The van der Waals surface area contributed by atoms with Gasteiger partial charge in [0.15, 0.2) is 0 Å². The van der Waals surface area contributed by atoms with Crippen LogP contribution in [0.4, 0.5) is 0 Å². The van der Waals surface area contributed by atoms with Crippen LogP contribution >= 0.6 is 15.9 Å². The molecule has 0 atom stereocenters. The average molecular weight is 283 g/mol. The maximum Gasteiger partial charge on any atom is 0.334 e. The molecule has 0 bridgehead atoms. The fourth-order valence-electron chi connectivity index (χ4n) is 1.33. The van der Waals surface area contributed by atoms with Gasteiger partial charge in [-0.25, -0.2) is 4.79 Å². The fourth-order valence-corrected chi connectivity index (χ4v) is 1.72. The van der Waals surface area contributed by atoms with Crippen molar-refractivity contribution < 1.29 is 9.53 Å².